The van der Waals surface area contributed by atoms with E-state index in [1.165, 1.54) is 0 Å². The monoisotopic (exact) mass is 287 g/mol. The zero-order valence-corrected chi connectivity index (χ0v) is 12.5. The zero-order valence-electron chi connectivity index (χ0n) is 11.0. The van der Waals surface area contributed by atoms with Gasteiger partial charge in [-0.1, -0.05) is 30.1 Å². The normalized spacial score (nSPS) is 25.0. The summed E-state index contributed by atoms with van der Waals surface area (Å²) in [6.45, 7) is 5.19. The number of rotatable bonds is 3. The molecule has 2 unspecified atom stereocenters. The topological polar surface area (TPSA) is 19.4 Å². The minimum Gasteiger partial charge on any atom is -0.305 e. The highest BCUT2D eigenvalue weighted by Crippen LogP contribution is 2.24. The molecule has 0 spiro atoms. The molecule has 1 fully saturated rings. The number of pyridine rings is 1. The minimum absolute atomic E-state index is 0.505. The third-order valence-electron chi connectivity index (χ3n) is 3.57. The van der Waals surface area contributed by atoms with Gasteiger partial charge in [-0.2, -0.15) is 0 Å². The summed E-state index contributed by atoms with van der Waals surface area (Å²) < 4.78 is 0. The molecule has 5 heteroatoms. The third-order valence-corrected chi connectivity index (χ3v) is 4.12. The van der Waals surface area contributed by atoms with Crippen LogP contribution in [0.2, 0.25) is 10.2 Å². The molecule has 0 aliphatic carbocycles. The summed E-state index contributed by atoms with van der Waals surface area (Å²) >= 11 is 12.1. The Morgan fingerprint density at radius 1 is 1.33 bits per heavy atom. The Bertz CT molecular complexity index is 423. The van der Waals surface area contributed by atoms with Crippen LogP contribution in [0.5, 0.6) is 0 Å². The van der Waals surface area contributed by atoms with Crippen molar-refractivity contribution < 1.29 is 0 Å². The van der Waals surface area contributed by atoms with Crippen molar-refractivity contribution in [3.63, 3.8) is 0 Å². The molecule has 0 saturated carbocycles. The molecule has 1 saturated heterocycles. The van der Waals surface area contributed by atoms with Crippen LogP contribution in [-0.4, -0.2) is 48.0 Å². The number of hydrogen-bond donors (Lipinski definition) is 0. The molecule has 0 aromatic carbocycles. The average molecular weight is 288 g/mol. The summed E-state index contributed by atoms with van der Waals surface area (Å²) in [6.07, 6.45) is 0. The Morgan fingerprint density at radius 2 is 2.06 bits per heavy atom. The molecule has 1 aliphatic rings. The first-order chi connectivity index (χ1) is 8.47. The minimum atomic E-state index is 0.505. The second kappa shape index (κ2) is 5.74. The number of halogens is 2. The van der Waals surface area contributed by atoms with Gasteiger partial charge >= 0.3 is 0 Å². The molecular formula is C13H19Cl2N3. The molecule has 1 aromatic rings. The van der Waals surface area contributed by atoms with Crippen molar-refractivity contribution in [3.05, 3.63) is 28.0 Å². The first-order valence-corrected chi connectivity index (χ1v) is 6.92. The SMILES string of the molecule is CC1CN(Cc2nc(Cl)ccc2Cl)CC1N(C)C. The molecule has 0 radical (unpaired) electrons. The summed E-state index contributed by atoms with van der Waals surface area (Å²) in [4.78, 5) is 8.99. The van der Waals surface area contributed by atoms with Crippen molar-refractivity contribution in [1.82, 2.24) is 14.8 Å². The lowest BCUT2D eigenvalue weighted by Crippen LogP contribution is -2.34. The molecular weight excluding hydrogens is 269 g/mol. The quantitative estimate of drug-likeness (QED) is 0.797. The van der Waals surface area contributed by atoms with Gasteiger partial charge in [0, 0.05) is 25.7 Å². The van der Waals surface area contributed by atoms with E-state index in [1.54, 1.807) is 6.07 Å². The van der Waals surface area contributed by atoms with Crippen molar-refractivity contribution in [2.75, 3.05) is 27.2 Å². The predicted octanol–water partition coefficient (Wildman–Crippen LogP) is 2.77. The summed E-state index contributed by atoms with van der Waals surface area (Å²) in [7, 11) is 4.27. The summed E-state index contributed by atoms with van der Waals surface area (Å²) in [5.41, 5.74) is 0.871. The lowest BCUT2D eigenvalue weighted by molar-refractivity contribution is 0.249. The van der Waals surface area contributed by atoms with Crippen LogP contribution in [0.15, 0.2) is 12.1 Å². The smallest absolute Gasteiger partial charge is 0.129 e. The lowest BCUT2D eigenvalue weighted by Gasteiger charge is -2.22. The molecule has 3 nitrogen and oxygen atoms in total. The molecule has 1 aromatic heterocycles. The van der Waals surface area contributed by atoms with Gasteiger partial charge in [0.2, 0.25) is 0 Å². The van der Waals surface area contributed by atoms with Crippen LogP contribution in [0.25, 0.3) is 0 Å². The van der Waals surface area contributed by atoms with E-state index in [2.05, 4.69) is 35.8 Å². The van der Waals surface area contributed by atoms with Gasteiger partial charge in [0.15, 0.2) is 0 Å². The standard InChI is InChI=1S/C13H19Cl2N3/c1-9-6-18(8-12(9)17(2)3)7-11-10(14)4-5-13(15)16-11/h4-5,9,12H,6-8H2,1-3H3. The van der Waals surface area contributed by atoms with Crippen LogP contribution in [0.4, 0.5) is 0 Å². The molecule has 2 heterocycles. The largest absolute Gasteiger partial charge is 0.305 e. The van der Waals surface area contributed by atoms with E-state index in [0.717, 1.165) is 25.3 Å². The highest BCUT2D eigenvalue weighted by atomic mass is 35.5. The third kappa shape index (κ3) is 3.15. The van der Waals surface area contributed by atoms with Crippen molar-refractivity contribution in [2.45, 2.75) is 19.5 Å². The van der Waals surface area contributed by atoms with Crippen LogP contribution in [-0.2, 0) is 6.54 Å². The van der Waals surface area contributed by atoms with Crippen molar-refractivity contribution in [2.24, 2.45) is 5.92 Å². The van der Waals surface area contributed by atoms with Gasteiger partial charge in [-0.05, 0) is 32.1 Å². The molecule has 0 N–H and O–H groups in total. The van der Waals surface area contributed by atoms with E-state index in [-0.39, 0.29) is 0 Å². The van der Waals surface area contributed by atoms with Gasteiger partial charge in [-0.25, -0.2) is 4.98 Å². The van der Waals surface area contributed by atoms with E-state index in [4.69, 9.17) is 23.2 Å². The van der Waals surface area contributed by atoms with Crippen LogP contribution >= 0.6 is 23.2 Å². The molecule has 18 heavy (non-hydrogen) atoms. The zero-order chi connectivity index (χ0) is 13.3. The second-order valence-corrected chi connectivity index (χ2v) is 6.06. The van der Waals surface area contributed by atoms with Gasteiger partial charge in [-0.3, -0.25) is 4.90 Å². The number of likely N-dealkylation sites (N-methyl/N-ethyl adjacent to an activating group) is 1. The van der Waals surface area contributed by atoms with Crippen LogP contribution in [0.1, 0.15) is 12.6 Å². The van der Waals surface area contributed by atoms with Crippen LogP contribution in [0, 0.1) is 5.92 Å². The Kier molecular flexibility index (Phi) is 4.49. The van der Waals surface area contributed by atoms with Crippen molar-refractivity contribution in [3.8, 4) is 0 Å². The fraction of sp³-hybridized carbons (Fsp3) is 0.615. The Labute approximate surface area is 119 Å². The highest BCUT2D eigenvalue weighted by molar-refractivity contribution is 6.32. The summed E-state index contributed by atoms with van der Waals surface area (Å²) in [6, 6.07) is 4.14. The van der Waals surface area contributed by atoms with E-state index in [0.29, 0.717) is 22.1 Å². The van der Waals surface area contributed by atoms with Gasteiger partial charge in [-0.15, -0.1) is 0 Å². The first-order valence-electron chi connectivity index (χ1n) is 6.17. The molecule has 0 bridgehead atoms. The Morgan fingerprint density at radius 3 is 2.67 bits per heavy atom. The van der Waals surface area contributed by atoms with Crippen molar-refractivity contribution >= 4 is 23.2 Å². The van der Waals surface area contributed by atoms with Crippen LogP contribution < -0.4 is 0 Å². The predicted molar refractivity (Wildman–Crippen MR) is 76.2 cm³/mol. The Hall–Kier alpha value is -0.350. The number of likely N-dealkylation sites (tertiary alicyclic amines) is 1. The molecule has 100 valence electrons. The molecule has 1 aliphatic heterocycles. The van der Waals surface area contributed by atoms with E-state index in [9.17, 15) is 0 Å². The maximum absolute atomic E-state index is 6.15. The molecule has 2 rings (SSSR count). The van der Waals surface area contributed by atoms with Gasteiger partial charge in [0.1, 0.15) is 5.15 Å². The lowest BCUT2D eigenvalue weighted by atomic mass is 10.1. The molecule has 2 atom stereocenters. The average Bonchev–Trinajstić information content (AvgIpc) is 2.65. The number of nitrogens with zero attached hydrogens (tertiary/aromatic N) is 3. The fourth-order valence-electron chi connectivity index (χ4n) is 2.63. The highest BCUT2D eigenvalue weighted by Gasteiger charge is 2.31. The van der Waals surface area contributed by atoms with Gasteiger partial charge < -0.3 is 4.90 Å². The summed E-state index contributed by atoms with van der Waals surface area (Å²) in [5.74, 6) is 0.665. The number of hydrogen-bond acceptors (Lipinski definition) is 3. The second-order valence-electron chi connectivity index (χ2n) is 5.26. The molecule has 0 amide bonds. The van der Waals surface area contributed by atoms with E-state index >= 15 is 0 Å². The van der Waals surface area contributed by atoms with Crippen molar-refractivity contribution in [1.29, 1.82) is 0 Å². The maximum Gasteiger partial charge on any atom is 0.129 e. The van der Waals surface area contributed by atoms with E-state index in [1.807, 2.05) is 6.07 Å². The van der Waals surface area contributed by atoms with Crippen LogP contribution in [0.3, 0.4) is 0 Å². The van der Waals surface area contributed by atoms with E-state index < -0.39 is 0 Å². The van der Waals surface area contributed by atoms with Gasteiger partial charge in [0.25, 0.3) is 0 Å². The fourth-order valence-corrected chi connectivity index (χ4v) is 2.96. The number of aromatic nitrogens is 1. The van der Waals surface area contributed by atoms with Gasteiger partial charge in [0.05, 0.1) is 10.7 Å². The first kappa shape index (κ1) is 14.1. The Balaban J connectivity index is 2.05. The summed E-state index contributed by atoms with van der Waals surface area (Å²) in [5, 5.41) is 1.20. The maximum atomic E-state index is 6.15.